The van der Waals surface area contributed by atoms with Crippen LogP contribution in [0.1, 0.15) is 53.2 Å². The summed E-state index contributed by atoms with van der Waals surface area (Å²) < 4.78 is 36.9. The van der Waals surface area contributed by atoms with Crippen LogP contribution in [0.5, 0.6) is 0 Å². The van der Waals surface area contributed by atoms with Gasteiger partial charge in [-0.2, -0.15) is 5.10 Å². The summed E-state index contributed by atoms with van der Waals surface area (Å²) in [5, 5.41) is 13.8. The number of nitrogens with zero attached hydrogens (tertiary/aromatic N) is 3. The first-order valence-electron chi connectivity index (χ1n) is 11.8. The number of hydrogen-bond donors (Lipinski definition) is 1. The number of piperidine rings is 1. The first kappa shape index (κ1) is 22.5. The van der Waals surface area contributed by atoms with Crippen LogP contribution in [0.25, 0.3) is 5.69 Å². The largest absolute Gasteiger partial charge is 0.478 e. The molecule has 3 aromatic rings. The maximum Gasteiger partial charge on any atom is 0.338 e. The van der Waals surface area contributed by atoms with Gasteiger partial charge in [-0.1, -0.05) is 17.7 Å². The van der Waals surface area contributed by atoms with Crippen LogP contribution < -0.4 is 4.90 Å². The molecule has 0 unspecified atom stereocenters. The molecule has 3 fully saturated rings. The van der Waals surface area contributed by atoms with Crippen molar-refractivity contribution in [2.75, 3.05) is 11.4 Å². The van der Waals surface area contributed by atoms with Gasteiger partial charge in [0.2, 0.25) is 0 Å². The predicted octanol–water partition coefficient (Wildman–Crippen LogP) is 5.56. The minimum atomic E-state index is -1.27. The molecule has 2 bridgehead atoms. The van der Waals surface area contributed by atoms with Gasteiger partial charge < -0.3 is 14.7 Å². The molecule has 0 spiro atoms. The van der Waals surface area contributed by atoms with Crippen molar-refractivity contribution < 1.29 is 23.4 Å². The van der Waals surface area contributed by atoms with E-state index in [0.29, 0.717) is 23.2 Å². The number of rotatable bonds is 7. The fourth-order valence-corrected chi connectivity index (χ4v) is 5.86. The molecule has 1 aromatic heterocycles. The van der Waals surface area contributed by atoms with Crippen molar-refractivity contribution in [1.29, 1.82) is 0 Å². The number of halogens is 3. The third-order valence-electron chi connectivity index (χ3n) is 7.49. The second-order valence-corrected chi connectivity index (χ2v) is 10.1. The Bertz CT molecular complexity index is 1290. The number of fused-ring (bicyclic) bond motifs is 2. The minimum absolute atomic E-state index is 0.0332. The van der Waals surface area contributed by atoms with E-state index >= 15 is 0 Å². The van der Waals surface area contributed by atoms with Gasteiger partial charge in [-0.25, -0.2) is 18.3 Å². The van der Waals surface area contributed by atoms with Crippen LogP contribution in [0.2, 0.25) is 5.02 Å². The molecule has 0 amide bonds. The second-order valence-electron chi connectivity index (χ2n) is 9.66. The molecule has 2 aromatic carbocycles. The number of para-hydroxylation sites is 1. The van der Waals surface area contributed by atoms with E-state index in [2.05, 4.69) is 10.00 Å². The number of ether oxygens (including phenoxy) is 1. The van der Waals surface area contributed by atoms with E-state index in [4.69, 9.17) is 21.4 Å². The molecule has 2 heterocycles. The number of carboxylic acid groups (broad SMARTS) is 1. The zero-order chi connectivity index (χ0) is 24.3. The highest BCUT2D eigenvalue weighted by atomic mass is 35.5. The SMILES string of the molecule is O=C(O)c1ccc(N2C[C@@H]3C[C@H]2C[C@H]3OCc2c(C3CC3)cnn2-c2c(F)cccc2Cl)cc1F. The summed E-state index contributed by atoms with van der Waals surface area (Å²) >= 11 is 6.33. The molecular weight excluding hydrogens is 476 g/mol. The number of carboxylic acids is 1. The van der Waals surface area contributed by atoms with Crippen LogP contribution >= 0.6 is 11.6 Å². The van der Waals surface area contributed by atoms with E-state index in [1.807, 2.05) is 0 Å². The van der Waals surface area contributed by atoms with Crippen LogP contribution in [-0.2, 0) is 11.3 Å². The predicted molar refractivity (Wildman–Crippen MR) is 126 cm³/mol. The highest BCUT2D eigenvalue weighted by Crippen LogP contribution is 2.45. The van der Waals surface area contributed by atoms with Gasteiger partial charge in [-0.3, -0.25) is 0 Å². The molecule has 0 radical (unpaired) electrons. The Hall–Kier alpha value is -2.97. The molecule has 35 heavy (non-hydrogen) atoms. The normalized spacial score (nSPS) is 23.3. The van der Waals surface area contributed by atoms with Crippen molar-refractivity contribution in [3.63, 3.8) is 0 Å². The summed E-state index contributed by atoms with van der Waals surface area (Å²) in [6, 6.07) is 9.10. The van der Waals surface area contributed by atoms with Crippen LogP contribution in [0.4, 0.5) is 14.5 Å². The molecule has 9 heteroatoms. The first-order valence-corrected chi connectivity index (χ1v) is 12.2. The van der Waals surface area contributed by atoms with Crippen molar-refractivity contribution in [2.24, 2.45) is 5.92 Å². The Morgan fingerprint density at radius 3 is 2.66 bits per heavy atom. The molecule has 1 saturated heterocycles. The van der Waals surface area contributed by atoms with Gasteiger partial charge in [0.25, 0.3) is 0 Å². The van der Waals surface area contributed by atoms with Gasteiger partial charge in [-0.05, 0) is 67.5 Å². The molecule has 1 aliphatic heterocycles. The molecule has 1 N–H and O–H groups in total. The molecular formula is C26H24ClF2N3O3. The summed E-state index contributed by atoms with van der Waals surface area (Å²) in [7, 11) is 0. The molecule has 6 nitrogen and oxygen atoms in total. The Morgan fingerprint density at radius 1 is 1.17 bits per heavy atom. The Labute approximate surface area is 206 Å². The van der Waals surface area contributed by atoms with Gasteiger partial charge in [0, 0.05) is 24.2 Å². The van der Waals surface area contributed by atoms with Crippen molar-refractivity contribution >= 4 is 23.3 Å². The van der Waals surface area contributed by atoms with Crippen LogP contribution in [0.3, 0.4) is 0 Å². The molecule has 182 valence electrons. The number of aromatic nitrogens is 2. The maximum atomic E-state index is 14.7. The van der Waals surface area contributed by atoms with E-state index in [1.54, 1.807) is 29.1 Å². The lowest BCUT2D eigenvalue weighted by Crippen LogP contribution is -2.38. The average Bonchev–Trinajstić information content (AvgIpc) is 3.28. The summed E-state index contributed by atoms with van der Waals surface area (Å²) in [6.45, 7) is 1.03. The van der Waals surface area contributed by atoms with E-state index in [9.17, 15) is 13.6 Å². The van der Waals surface area contributed by atoms with Crippen molar-refractivity contribution in [1.82, 2.24) is 9.78 Å². The topological polar surface area (TPSA) is 67.6 Å². The highest BCUT2D eigenvalue weighted by molar-refractivity contribution is 6.32. The zero-order valence-corrected chi connectivity index (χ0v) is 19.6. The smallest absolute Gasteiger partial charge is 0.338 e. The monoisotopic (exact) mass is 499 g/mol. The molecule has 6 rings (SSSR count). The molecule has 3 aliphatic rings. The van der Waals surface area contributed by atoms with Crippen molar-refractivity contribution in [3.8, 4) is 5.69 Å². The number of carbonyl (C=O) groups is 1. The Balaban J connectivity index is 1.18. The number of anilines is 1. The zero-order valence-electron chi connectivity index (χ0n) is 18.8. The molecule has 3 atom stereocenters. The van der Waals surface area contributed by atoms with Gasteiger partial charge >= 0.3 is 5.97 Å². The van der Waals surface area contributed by atoms with E-state index in [0.717, 1.165) is 43.5 Å². The second kappa shape index (κ2) is 8.60. The molecule has 2 saturated carbocycles. The summed E-state index contributed by atoms with van der Waals surface area (Å²) in [5.41, 5.74) is 2.54. The lowest BCUT2D eigenvalue weighted by Gasteiger charge is -2.33. The number of aromatic carboxylic acids is 1. The molecule has 2 aliphatic carbocycles. The summed E-state index contributed by atoms with van der Waals surface area (Å²) in [6.07, 6.45) is 5.73. The van der Waals surface area contributed by atoms with Gasteiger partial charge in [0.15, 0.2) is 0 Å². The van der Waals surface area contributed by atoms with Gasteiger partial charge in [0.1, 0.15) is 17.3 Å². The number of hydrogen-bond acceptors (Lipinski definition) is 4. The first-order chi connectivity index (χ1) is 16.9. The Kier molecular flexibility index (Phi) is 5.53. The van der Waals surface area contributed by atoms with Crippen LogP contribution in [0, 0.1) is 17.6 Å². The summed E-state index contributed by atoms with van der Waals surface area (Å²) in [4.78, 5) is 13.2. The van der Waals surface area contributed by atoms with Crippen LogP contribution in [-0.4, -0.2) is 39.5 Å². The lowest BCUT2D eigenvalue weighted by atomic mass is 10.0. The standard InChI is InChI=1S/C26H24ClF2N3O3/c27-20-2-1-3-21(28)25(20)32-23(19(11-30-32)14-4-5-14)13-35-24-10-17-8-15(24)12-31(17)16-6-7-18(26(33)34)22(29)9-16/h1-3,6-7,9,11,14-15,17,24H,4-5,8,10,12-13H2,(H,33,34)/t15-,17-,24+/m0/s1. The average molecular weight is 500 g/mol. The quantitative estimate of drug-likeness (QED) is 0.461. The van der Waals surface area contributed by atoms with Crippen molar-refractivity contribution in [3.05, 3.63) is 76.1 Å². The third-order valence-corrected chi connectivity index (χ3v) is 7.80. The maximum absolute atomic E-state index is 14.7. The van der Waals surface area contributed by atoms with Crippen molar-refractivity contribution in [2.45, 2.75) is 50.4 Å². The van der Waals surface area contributed by atoms with E-state index in [1.165, 1.54) is 18.2 Å². The van der Waals surface area contributed by atoms with Gasteiger partial charge in [0.05, 0.1) is 35.2 Å². The summed E-state index contributed by atoms with van der Waals surface area (Å²) in [5.74, 6) is -1.72. The van der Waals surface area contributed by atoms with E-state index < -0.39 is 17.6 Å². The van der Waals surface area contributed by atoms with Gasteiger partial charge in [-0.15, -0.1) is 0 Å². The minimum Gasteiger partial charge on any atom is -0.478 e. The van der Waals surface area contributed by atoms with E-state index in [-0.39, 0.29) is 29.3 Å². The third kappa shape index (κ3) is 3.98. The Morgan fingerprint density at radius 2 is 2.00 bits per heavy atom. The highest BCUT2D eigenvalue weighted by Gasteiger charge is 2.45. The lowest BCUT2D eigenvalue weighted by molar-refractivity contribution is 0.00989. The van der Waals surface area contributed by atoms with Crippen LogP contribution in [0.15, 0.2) is 42.6 Å². The number of benzene rings is 2. The fourth-order valence-electron chi connectivity index (χ4n) is 5.62. The fraction of sp³-hybridized carbons (Fsp3) is 0.385.